The first-order valence-electron chi connectivity index (χ1n) is 12.5. The quantitative estimate of drug-likeness (QED) is 0.439. The van der Waals surface area contributed by atoms with E-state index >= 15 is 0 Å². The molecule has 1 N–H and O–H groups in total. The van der Waals surface area contributed by atoms with Crippen LogP contribution in [0.3, 0.4) is 0 Å². The molecule has 0 spiro atoms. The molecule has 36 heavy (non-hydrogen) atoms. The van der Waals surface area contributed by atoms with Crippen LogP contribution in [0, 0.1) is 6.92 Å². The van der Waals surface area contributed by atoms with Crippen LogP contribution in [0.4, 0.5) is 4.79 Å². The van der Waals surface area contributed by atoms with Gasteiger partial charge in [0.05, 0.1) is 11.9 Å². The normalized spacial score (nSPS) is 13.1. The van der Waals surface area contributed by atoms with Crippen molar-refractivity contribution >= 4 is 12.0 Å². The van der Waals surface area contributed by atoms with Crippen molar-refractivity contribution in [1.29, 1.82) is 0 Å². The highest BCUT2D eigenvalue weighted by Crippen LogP contribution is 2.33. The van der Waals surface area contributed by atoms with Gasteiger partial charge in [0.2, 0.25) is 0 Å². The van der Waals surface area contributed by atoms with Crippen molar-refractivity contribution in [2.24, 2.45) is 0 Å². The van der Waals surface area contributed by atoms with Crippen LogP contribution in [0.5, 0.6) is 0 Å². The van der Waals surface area contributed by atoms with Gasteiger partial charge >= 0.3 is 6.09 Å². The molecule has 2 aromatic heterocycles. The number of hydrogen-bond acceptors (Lipinski definition) is 5. The van der Waals surface area contributed by atoms with Gasteiger partial charge in [0.1, 0.15) is 5.60 Å². The zero-order valence-corrected chi connectivity index (χ0v) is 21.8. The fourth-order valence-electron chi connectivity index (χ4n) is 4.31. The van der Waals surface area contributed by atoms with Crippen LogP contribution >= 0.6 is 0 Å². The summed E-state index contributed by atoms with van der Waals surface area (Å²) in [6, 6.07) is 10.1. The monoisotopic (exact) mass is 489 g/mol. The molecule has 3 heterocycles. The number of unbranched alkanes of at least 4 members (excludes halogenated alkanes) is 2. The molecule has 1 aromatic carbocycles. The van der Waals surface area contributed by atoms with Gasteiger partial charge in [-0.05, 0) is 64.7 Å². The van der Waals surface area contributed by atoms with Gasteiger partial charge in [0.15, 0.2) is 0 Å². The average molecular weight is 490 g/mol. The van der Waals surface area contributed by atoms with Gasteiger partial charge in [-0.1, -0.05) is 18.2 Å². The van der Waals surface area contributed by atoms with Crippen molar-refractivity contribution in [2.45, 2.75) is 65.6 Å². The molecule has 0 fully saturated rings. The number of aryl methyl sites for hydroxylation is 2. The van der Waals surface area contributed by atoms with E-state index in [2.05, 4.69) is 16.5 Å². The number of pyridine rings is 1. The van der Waals surface area contributed by atoms with Crippen LogP contribution in [0.15, 0.2) is 42.7 Å². The molecular formula is C28H35N5O3. The van der Waals surface area contributed by atoms with E-state index < -0.39 is 5.60 Å². The maximum Gasteiger partial charge on any atom is 0.407 e. The van der Waals surface area contributed by atoms with Crippen LogP contribution in [0.25, 0.3) is 22.4 Å². The lowest BCUT2D eigenvalue weighted by Crippen LogP contribution is -2.33. The Kier molecular flexibility index (Phi) is 7.43. The number of rotatable bonds is 8. The maximum absolute atomic E-state index is 12.5. The number of alkyl carbamates (subject to hydrolysis) is 1. The highest BCUT2D eigenvalue weighted by molar-refractivity contribution is 5.99. The van der Waals surface area contributed by atoms with Crippen molar-refractivity contribution in [3.05, 3.63) is 59.5 Å². The smallest absolute Gasteiger partial charge is 0.407 e. The lowest BCUT2D eigenvalue weighted by Gasteiger charge is -2.19. The van der Waals surface area contributed by atoms with Gasteiger partial charge in [-0.25, -0.2) is 4.79 Å². The number of amides is 2. The fourth-order valence-corrected chi connectivity index (χ4v) is 4.31. The third-order valence-electron chi connectivity index (χ3n) is 6.08. The van der Waals surface area contributed by atoms with Gasteiger partial charge < -0.3 is 15.0 Å². The number of ether oxygens (including phenoxy) is 1. The van der Waals surface area contributed by atoms with E-state index in [-0.39, 0.29) is 12.0 Å². The number of aromatic nitrogens is 3. The van der Waals surface area contributed by atoms with Crippen molar-refractivity contribution in [3.8, 4) is 22.4 Å². The summed E-state index contributed by atoms with van der Waals surface area (Å²) in [7, 11) is 1.82. The molecule has 0 saturated carbocycles. The standard InChI is InChI=1S/C28H35N5O3/c1-19-9-12-23(25(31-19)20-10-11-21-17-32(5)26(34)24(21)15-20)22-16-30-33(18-22)14-8-6-7-13-29-27(35)36-28(2,3)4/h9-12,15-16,18H,6-8,13-14,17H2,1-5H3,(H,29,35). The van der Waals surface area contributed by atoms with E-state index in [4.69, 9.17) is 9.72 Å². The summed E-state index contributed by atoms with van der Waals surface area (Å²) in [6.45, 7) is 9.56. The predicted molar refractivity (Wildman–Crippen MR) is 140 cm³/mol. The second-order valence-electron chi connectivity index (χ2n) is 10.4. The zero-order chi connectivity index (χ0) is 25.9. The van der Waals surface area contributed by atoms with Crippen LogP contribution in [-0.2, 0) is 17.8 Å². The van der Waals surface area contributed by atoms with E-state index in [1.807, 2.05) is 76.1 Å². The number of carbonyl (C=O) groups is 2. The molecule has 1 aliphatic heterocycles. The summed E-state index contributed by atoms with van der Waals surface area (Å²) in [5, 5.41) is 7.35. The molecule has 2 amide bonds. The molecule has 0 radical (unpaired) electrons. The third kappa shape index (κ3) is 6.11. The SMILES string of the molecule is Cc1ccc(-c2cnn(CCCCCNC(=O)OC(C)(C)C)c2)c(-c2ccc3c(c2)C(=O)N(C)C3)n1. The highest BCUT2D eigenvalue weighted by Gasteiger charge is 2.25. The Hall–Kier alpha value is -3.68. The minimum atomic E-state index is -0.483. The molecule has 0 aliphatic carbocycles. The maximum atomic E-state index is 12.5. The molecule has 8 heteroatoms. The lowest BCUT2D eigenvalue weighted by atomic mass is 9.98. The zero-order valence-electron chi connectivity index (χ0n) is 21.8. The summed E-state index contributed by atoms with van der Waals surface area (Å²) >= 11 is 0. The molecule has 4 rings (SSSR count). The second kappa shape index (κ2) is 10.5. The summed E-state index contributed by atoms with van der Waals surface area (Å²) in [5.74, 6) is 0.0511. The topological polar surface area (TPSA) is 89.3 Å². The number of fused-ring (bicyclic) bond motifs is 1. The third-order valence-corrected chi connectivity index (χ3v) is 6.08. The Balaban J connectivity index is 1.38. The highest BCUT2D eigenvalue weighted by atomic mass is 16.6. The first-order valence-corrected chi connectivity index (χ1v) is 12.5. The number of nitrogens with zero attached hydrogens (tertiary/aromatic N) is 4. The largest absolute Gasteiger partial charge is 0.444 e. The van der Waals surface area contributed by atoms with Gasteiger partial charge in [-0.15, -0.1) is 0 Å². The Morgan fingerprint density at radius 2 is 1.89 bits per heavy atom. The van der Waals surface area contributed by atoms with E-state index in [0.29, 0.717) is 13.1 Å². The molecule has 8 nitrogen and oxygen atoms in total. The Morgan fingerprint density at radius 1 is 1.08 bits per heavy atom. The second-order valence-corrected chi connectivity index (χ2v) is 10.4. The molecular weight excluding hydrogens is 454 g/mol. The fraction of sp³-hybridized carbons (Fsp3) is 0.429. The molecule has 3 aromatic rings. The molecule has 0 bridgehead atoms. The number of hydrogen-bond donors (Lipinski definition) is 1. The van der Waals surface area contributed by atoms with Crippen molar-refractivity contribution in [3.63, 3.8) is 0 Å². The molecule has 190 valence electrons. The number of nitrogens with one attached hydrogen (secondary N) is 1. The Bertz CT molecular complexity index is 1260. The Morgan fingerprint density at radius 3 is 2.67 bits per heavy atom. The van der Waals surface area contributed by atoms with Gasteiger partial charge in [0.25, 0.3) is 5.91 Å². The predicted octanol–water partition coefficient (Wildman–Crippen LogP) is 5.20. The molecule has 1 aliphatic rings. The summed E-state index contributed by atoms with van der Waals surface area (Å²) in [6.07, 6.45) is 6.34. The number of benzene rings is 1. The van der Waals surface area contributed by atoms with E-state index in [1.54, 1.807) is 4.90 Å². The van der Waals surface area contributed by atoms with E-state index in [9.17, 15) is 9.59 Å². The van der Waals surface area contributed by atoms with E-state index in [1.165, 1.54) is 0 Å². The first kappa shape index (κ1) is 25.4. The Labute approximate surface area is 212 Å². The van der Waals surface area contributed by atoms with E-state index in [0.717, 1.165) is 65.0 Å². The minimum absolute atomic E-state index is 0.0511. The van der Waals surface area contributed by atoms with Crippen LogP contribution in [-0.4, -0.2) is 50.9 Å². The van der Waals surface area contributed by atoms with Crippen LogP contribution < -0.4 is 5.32 Å². The van der Waals surface area contributed by atoms with Crippen LogP contribution in [0.2, 0.25) is 0 Å². The molecule has 0 atom stereocenters. The van der Waals surface area contributed by atoms with Gasteiger partial charge in [0, 0.05) is 60.8 Å². The summed E-state index contributed by atoms with van der Waals surface area (Å²) in [5.41, 5.74) is 6.01. The number of carbonyl (C=O) groups excluding carboxylic acids is 2. The van der Waals surface area contributed by atoms with Gasteiger partial charge in [-0.2, -0.15) is 5.10 Å². The first-order chi connectivity index (χ1) is 17.1. The van der Waals surface area contributed by atoms with Crippen molar-refractivity contribution < 1.29 is 14.3 Å². The summed E-state index contributed by atoms with van der Waals surface area (Å²) in [4.78, 5) is 30.8. The van der Waals surface area contributed by atoms with Crippen LogP contribution in [0.1, 0.15) is 61.6 Å². The molecule has 0 saturated heterocycles. The molecule has 0 unspecified atom stereocenters. The average Bonchev–Trinajstić information content (AvgIpc) is 3.39. The lowest BCUT2D eigenvalue weighted by molar-refractivity contribution is 0.0526. The van der Waals surface area contributed by atoms with Gasteiger partial charge in [-0.3, -0.25) is 14.5 Å². The van der Waals surface area contributed by atoms with Crippen molar-refractivity contribution in [2.75, 3.05) is 13.6 Å². The summed E-state index contributed by atoms with van der Waals surface area (Å²) < 4.78 is 7.20. The minimum Gasteiger partial charge on any atom is -0.444 e. The van der Waals surface area contributed by atoms with Crippen molar-refractivity contribution in [1.82, 2.24) is 25.0 Å².